The second-order valence-electron chi connectivity index (χ2n) is 12.2. The van der Waals surface area contributed by atoms with E-state index in [1.165, 1.54) is 97.7 Å². The van der Waals surface area contributed by atoms with Crippen molar-refractivity contribution in [3.05, 3.63) is 83.1 Å². The van der Waals surface area contributed by atoms with Crippen LogP contribution in [0.3, 0.4) is 0 Å². The first kappa shape index (κ1) is 29.1. The maximum Gasteiger partial charge on any atom is 0.0419 e. The summed E-state index contributed by atoms with van der Waals surface area (Å²) in [5.74, 6) is 0.908. The van der Waals surface area contributed by atoms with E-state index in [0.717, 1.165) is 36.6 Å². The topological polar surface area (TPSA) is 38.0 Å². The van der Waals surface area contributed by atoms with Gasteiger partial charge in [-0.15, -0.1) is 13.2 Å². The fraction of sp³-hybridized carbons (Fsp3) is 0.543. The fourth-order valence-corrected chi connectivity index (χ4v) is 6.79. The van der Waals surface area contributed by atoms with Crippen LogP contribution in [0.4, 0.5) is 11.4 Å². The molecule has 2 aromatic rings. The van der Waals surface area contributed by atoms with Crippen molar-refractivity contribution in [3.8, 4) is 0 Å². The number of allylic oxidation sites excluding steroid dienone is 1. The number of benzene rings is 2. The van der Waals surface area contributed by atoms with E-state index in [-0.39, 0.29) is 0 Å². The average molecular weight is 501 g/mol. The SMILES string of the molecule is C=C.C=C(CC(C)(C)CCC)Nc1cc(C)c(Cc2ccc(N)c(CCC3CCCC3)c2)c2c1CCC2. The number of hydrogen-bond acceptors (Lipinski definition) is 2. The van der Waals surface area contributed by atoms with E-state index in [9.17, 15) is 0 Å². The van der Waals surface area contributed by atoms with Gasteiger partial charge in [0, 0.05) is 17.1 Å². The summed E-state index contributed by atoms with van der Waals surface area (Å²) in [7, 11) is 0. The van der Waals surface area contributed by atoms with Crippen LogP contribution in [0, 0.1) is 18.3 Å². The largest absolute Gasteiger partial charge is 0.399 e. The molecule has 1 fully saturated rings. The maximum atomic E-state index is 6.40. The van der Waals surface area contributed by atoms with Crippen LogP contribution in [0.5, 0.6) is 0 Å². The lowest BCUT2D eigenvalue weighted by molar-refractivity contribution is 0.329. The molecule has 1 saturated carbocycles. The van der Waals surface area contributed by atoms with Crippen molar-refractivity contribution in [2.45, 2.75) is 111 Å². The Balaban J connectivity index is 0.00000186. The third-order valence-corrected chi connectivity index (χ3v) is 8.56. The van der Waals surface area contributed by atoms with Crippen molar-refractivity contribution in [3.63, 3.8) is 0 Å². The molecule has 0 aliphatic heterocycles. The highest BCUT2D eigenvalue weighted by atomic mass is 14.9. The molecule has 0 aromatic heterocycles. The first-order valence-corrected chi connectivity index (χ1v) is 14.7. The number of anilines is 2. The highest BCUT2D eigenvalue weighted by Crippen LogP contribution is 2.38. The molecule has 0 spiro atoms. The molecule has 0 heterocycles. The summed E-state index contributed by atoms with van der Waals surface area (Å²) in [5.41, 5.74) is 18.9. The van der Waals surface area contributed by atoms with Gasteiger partial charge in [0.05, 0.1) is 0 Å². The molecular formula is C35H52N2. The van der Waals surface area contributed by atoms with Crippen molar-refractivity contribution in [1.82, 2.24) is 0 Å². The minimum atomic E-state index is 0.293. The summed E-state index contributed by atoms with van der Waals surface area (Å²) in [5, 5.41) is 3.74. The summed E-state index contributed by atoms with van der Waals surface area (Å²) in [6.45, 7) is 19.7. The lowest BCUT2D eigenvalue weighted by atomic mass is 9.83. The normalized spacial score (nSPS) is 15.2. The molecule has 0 saturated heterocycles. The molecule has 2 nitrogen and oxygen atoms in total. The standard InChI is InChI=1S/C33H48N2.C2H4/c1-6-18-33(4,5)22-24(3)35-32-19-23(2)30(28-12-9-13-29(28)32)21-26-15-17-31(34)27(20-26)16-14-25-10-7-8-11-25;1-2/h15,17,19-20,25,35H,3,6-14,16,18,21-22,34H2,1-2,4-5H3;1-2H2. The molecule has 0 unspecified atom stereocenters. The molecule has 2 aromatic carbocycles. The van der Waals surface area contributed by atoms with Crippen LogP contribution >= 0.6 is 0 Å². The van der Waals surface area contributed by atoms with Gasteiger partial charge in [0.1, 0.15) is 0 Å². The summed E-state index contributed by atoms with van der Waals surface area (Å²) in [6, 6.07) is 9.18. The van der Waals surface area contributed by atoms with Gasteiger partial charge < -0.3 is 11.1 Å². The van der Waals surface area contributed by atoms with E-state index < -0.39 is 0 Å². The number of hydrogen-bond donors (Lipinski definition) is 2. The number of nitrogen functional groups attached to an aromatic ring is 1. The number of rotatable bonds is 11. The number of aryl methyl sites for hydroxylation is 2. The van der Waals surface area contributed by atoms with Crippen LogP contribution in [-0.2, 0) is 25.7 Å². The molecule has 2 aliphatic carbocycles. The highest BCUT2D eigenvalue weighted by molar-refractivity contribution is 5.64. The van der Waals surface area contributed by atoms with E-state index >= 15 is 0 Å². The van der Waals surface area contributed by atoms with Crippen molar-refractivity contribution in [2.24, 2.45) is 11.3 Å². The predicted molar refractivity (Wildman–Crippen MR) is 164 cm³/mol. The van der Waals surface area contributed by atoms with Gasteiger partial charge in [0.25, 0.3) is 0 Å². The quantitative estimate of drug-likeness (QED) is 0.238. The molecule has 0 radical (unpaired) electrons. The van der Waals surface area contributed by atoms with Gasteiger partial charge in [-0.2, -0.15) is 0 Å². The van der Waals surface area contributed by atoms with E-state index in [1.807, 2.05) is 0 Å². The van der Waals surface area contributed by atoms with Crippen LogP contribution in [0.1, 0.15) is 112 Å². The Morgan fingerprint density at radius 2 is 1.76 bits per heavy atom. The van der Waals surface area contributed by atoms with Crippen molar-refractivity contribution in [1.29, 1.82) is 0 Å². The van der Waals surface area contributed by atoms with Crippen LogP contribution in [0.15, 0.2) is 49.7 Å². The zero-order valence-corrected chi connectivity index (χ0v) is 24.3. The third kappa shape index (κ3) is 7.76. The summed E-state index contributed by atoms with van der Waals surface area (Å²) < 4.78 is 0. The Morgan fingerprint density at radius 1 is 1.05 bits per heavy atom. The van der Waals surface area contributed by atoms with Gasteiger partial charge in [-0.05, 0) is 115 Å². The molecule has 202 valence electrons. The van der Waals surface area contributed by atoms with Gasteiger partial charge in [-0.1, -0.05) is 71.6 Å². The van der Waals surface area contributed by atoms with Crippen LogP contribution in [0.2, 0.25) is 0 Å². The predicted octanol–water partition coefficient (Wildman–Crippen LogP) is 9.72. The van der Waals surface area contributed by atoms with E-state index in [4.69, 9.17) is 5.73 Å². The minimum Gasteiger partial charge on any atom is -0.399 e. The van der Waals surface area contributed by atoms with Gasteiger partial charge in [-0.3, -0.25) is 0 Å². The van der Waals surface area contributed by atoms with Crippen LogP contribution in [0.25, 0.3) is 0 Å². The lowest BCUT2D eigenvalue weighted by Crippen LogP contribution is -2.15. The first-order chi connectivity index (χ1) is 17.8. The number of nitrogens with two attached hydrogens (primary N) is 1. The summed E-state index contributed by atoms with van der Waals surface area (Å²) in [6.07, 6.45) is 16.2. The lowest BCUT2D eigenvalue weighted by Gasteiger charge is -2.26. The van der Waals surface area contributed by atoms with Gasteiger partial charge in [0.2, 0.25) is 0 Å². The molecule has 0 bridgehead atoms. The molecule has 3 N–H and O–H groups in total. The molecule has 37 heavy (non-hydrogen) atoms. The van der Waals surface area contributed by atoms with Gasteiger partial charge in [0.15, 0.2) is 0 Å². The van der Waals surface area contributed by atoms with E-state index in [2.05, 4.69) is 77.0 Å². The zero-order chi connectivity index (χ0) is 27.0. The van der Waals surface area contributed by atoms with Gasteiger partial charge in [-0.25, -0.2) is 0 Å². The van der Waals surface area contributed by atoms with Crippen molar-refractivity contribution >= 4 is 11.4 Å². The molecular weight excluding hydrogens is 448 g/mol. The number of fused-ring (bicyclic) bond motifs is 1. The monoisotopic (exact) mass is 500 g/mol. The Kier molecular flexibility index (Phi) is 10.5. The minimum absolute atomic E-state index is 0.293. The molecule has 4 rings (SSSR count). The Labute approximate surface area is 227 Å². The Bertz CT molecular complexity index is 1060. The molecule has 2 heteroatoms. The zero-order valence-electron chi connectivity index (χ0n) is 24.3. The molecule has 2 aliphatic rings. The van der Waals surface area contributed by atoms with Crippen molar-refractivity contribution < 1.29 is 0 Å². The van der Waals surface area contributed by atoms with Crippen molar-refractivity contribution in [2.75, 3.05) is 11.1 Å². The van der Waals surface area contributed by atoms with E-state index in [0.29, 0.717) is 5.41 Å². The molecule has 0 atom stereocenters. The first-order valence-electron chi connectivity index (χ1n) is 14.7. The maximum absolute atomic E-state index is 6.40. The number of nitrogens with one attached hydrogen (secondary N) is 1. The average Bonchev–Trinajstić information content (AvgIpc) is 3.55. The summed E-state index contributed by atoms with van der Waals surface area (Å²) >= 11 is 0. The smallest absolute Gasteiger partial charge is 0.0419 e. The highest BCUT2D eigenvalue weighted by Gasteiger charge is 2.23. The Hall–Kier alpha value is -2.48. The fourth-order valence-electron chi connectivity index (χ4n) is 6.79. The Morgan fingerprint density at radius 3 is 2.46 bits per heavy atom. The van der Waals surface area contributed by atoms with Crippen LogP contribution in [-0.4, -0.2) is 0 Å². The summed E-state index contributed by atoms with van der Waals surface area (Å²) in [4.78, 5) is 0. The van der Waals surface area contributed by atoms with Crippen LogP contribution < -0.4 is 11.1 Å². The van der Waals surface area contributed by atoms with Gasteiger partial charge >= 0.3 is 0 Å². The second-order valence-corrected chi connectivity index (χ2v) is 12.2. The van der Waals surface area contributed by atoms with E-state index in [1.54, 1.807) is 5.56 Å². The third-order valence-electron chi connectivity index (χ3n) is 8.56. The second kappa shape index (κ2) is 13.4. The molecule has 0 amide bonds.